The molecule has 0 saturated heterocycles. The van der Waals surface area contributed by atoms with E-state index in [1.165, 1.54) is 26.2 Å². The molecule has 0 radical (unpaired) electrons. The Labute approximate surface area is 122 Å². The average molecular weight is 290 g/mol. The van der Waals surface area contributed by atoms with Crippen LogP contribution in [0.15, 0.2) is 22.8 Å². The predicted molar refractivity (Wildman–Crippen MR) is 77.0 cm³/mol. The molecule has 21 heavy (non-hydrogen) atoms. The molecule has 1 aliphatic rings. The van der Waals surface area contributed by atoms with Gasteiger partial charge >= 0.3 is 5.97 Å². The molecule has 0 aliphatic heterocycles. The summed E-state index contributed by atoms with van der Waals surface area (Å²) in [5.41, 5.74) is 0.924. The number of methoxy groups -OCH3 is 2. The van der Waals surface area contributed by atoms with Crippen molar-refractivity contribution in [3.63, 3.8) is 0 Å². The van der Waals surface area contributed by atoms with Crippen LogP contribution in [0.5, 0.6) is 11.5 Å². The first-order valence-corrected chi connectivity index (χ1v) is 7.07. The molecular formula is C16H18O5. The second-order valence-corrected chi connectivity index (χ2v) is 5.14. The summed E-state index contributed by atoms with van der Waals surface area (Å²) in [7, 11) is 2.94. The highest BCUT2D eigenvalue weighted by molar-refractivity contribution is 6.05. The molecule has 0 spiro atoms. The van der Waals surface area contributed by atoms with E-state index >= 15 is 0 Å². The molecule has 1 heterocycles. The fraction of sp³-hybridized carbons (Fsp3) is 0.438. The van der Waals surface area contributed by atoms with Gasteiger partial charge in [-0.1, -0.05) is 0 Å². The molecule has 5 heteroatoms. The summed E-state index contributed by atoms with van der Waals surface area (Å²) in [6.45, 7) is 0. The summed E-state index contributed by atoms with van der Waals surface area (Å²) in [4.78, 5) is 11.7. The third-order valence-corrected chi connectivity index (χ3v) is 3.87. The van der Waals surface area contributed by atoms with Crippen molar-refractivity contribution in [3.8, 4) is 11.5 Å². The standard InChI is InChI=1S/C16H18O5/c1-18-13-8-7-11-12(16(17)19-2)9-20-14(11)15(13)21-10-5-3-4-6-10/h7-10H,3-6H2,1-2H3. The highest BCUT2D eigenvalue weighted by Crippen LogP contribution is 2.40. The predicted octanol–water partition coefficient (Wildman–Crippen LogP) is 3.55. The quantitative estimate of drug-likeness (QED) is 0.806. The van der Waals surface area contributed by atoms with E-state index in [0.29, 0.717) is 28.0 Å². The van der Waals surface area contributed by atoms with E-state index in [1.54, 1.807) is 19.2 Å². The molecule has 0 bridgehead atoms. The number of rotatable bonds is 4. The van der Waals surface area contributed by atoms with Gasteiger partial charge in [-0.15, -0.1) is 0 Å². The highest BCUT2D eigenvalue weighted by atomic mass is 16.5. The van der Waals surface area contributed by atoms with Crippen LogP contribution in [0.1, 0.15) is 36.0 Å². The van der Waals surface area contributed by atoms with Crippen LogP contribution in [-0.2, 0) is 4.74 Å². The number of esters is 1. The van der Waals surface area contributed by atoms with Crippen molar-refractivity contribution in [2.75, 3.05) is 14.2 Å². The van der Waals surface area contributed by atoms with Crippen molar-refractivity contribution in [2.45, 2.75) is 31.8 Å². The minimum atomic E-state index is -0.425. The van der Waals surface area contributed by atoms with Gasteiger partial charge in [0.2, 0.25) is 5.75 Å². The lowest BCUT2D eigenvalue weighted by molar-refractivity contribution is 0.0602. The molecule has 0 atom stereocenters. The summed E-state index contributed by atoms with van der Waals surface area (Å²) in [6, 6.07) is 3.57. The molecule has 5 nitrogen and oxygen atoms in total. The van der Waals surface area contributed by atoms with Crippen LogP contribution >= 0.6 is 0 Å². The summed E-state index contributed by atoms with van der Waals surface area (Å²) >= 11 is 0. The molecule has 1 saturated carbocycles. The molecule has 1 aliphatic carbocycles. The maximum absolute atomic E-state index is 11.7. The van der Waals surface area contributed by atoms with Gasteiger partial charge in [0.05, 0.1) is 20.3 Å². The van der Waals surface area contributed by atoms with Crippen LogP contribution in [0.3, 0.4) is 0 Å². The van der Waals surface area contributed by atoms with Gasteiger partial charge < -0.3 is 18.6 Å². The maximum atomic E-state index is 11.7. The van der Waals surface area contributed by atoms with Crippen LogP contribution in [0.2, 0.25) is 0 Å². The minimum absolute atomic E-state index is 0.177. The number of hydrogen-bond acceptors (Lipinski definition) is 5. The number of benzene rings is 1. The van der Waals surface area contributed by atoms with Crippen LogP contribution < -0.4 is 9.47 Å². The van der Waals surface area contributed by atoms with Gasteiger partial charge in [0, 0.05) is 5.39 Å². The highest BCUT2D eigenvalue weighted by Gasteiger charge is 2.24. The van der Waals surface area contributed by atoms with Gasteiger partial charge in [-0.3, -0.25) is 0 Å². The molecule has 0 unspecified atom stereocenters. The van der Waals surface area contributed by atoms with E-state index in [9.17, 15) is 4.79 Å². The van der Waals surface area contributed by atoms with Gasteiger partial charge in [-0.05, 0) is 37.8 Å². The molecule has 1 aromatic carbocycles. The third-order valence-electron chi connectivity index (χ3n) is 3.87. The van der Waals surface area contributed by atoms with E-state index in [4.69, 9.17) is 18.6 Å². The number of furan rings is 1. The van der Waals surface area contributed by atoms with E-state index < -0.39 is 5.97 Å². The lowest BCUT2D eigenvalue weighted by Gasteiger charge is -2.16. The van der Waals surface area contributed by atoms with Crippen LogP contribution in [0.4, 0.5) is 0 Å². The number of ether oxygens (including phenoxy) is 3. The Morgan fingerprint density at radius 1 is 1.24 bits per heavy atom. The second-order valence-electron chi connectivity index (χ2n) is 5.14. The van der Waals surface area contributed by atoms with Gasteiger partial charge in [0.25, 0.3) is 0 Å². The zero-order valence-corrected chi connectivity index (χ0v) is 12.2. The number of carbonyl (C=O) groups excluding carboxylic acids is 1. The minimum Gasteiger partial charge on any atom is -0.493 e. The Morgan fingerprint density at radius 2 is 2.00 bits per heavy atom. The van der Waals surface area contributed by atoms with Crippen molar-refractivity contribution in [2.24, 2.45) is 0 Å². The fourth-order valence-electron chi connectivity index (χ4n) is 2.77. The normalized spacial score (nSPS) is 15.3. The third kappa shape index (κ3) is 2.44. The summed E-state index contributed by atoms with van der Waals surface area (Å²) in [5, 5.41) is 0.677. The van der Waals surface area contributed by atoms with Crippen LogP contribution in [0.25, 0.3) is 11.0 Å². The summed E-state index contributed by atoms with van der Waals surface area (Å²) in [6.07, 6.45) is 5.99. The number of hydrogen-bond donors (Lipinski definition) is 0. The van der Waals surface area contributed by atoms with Crippen molar-refractivity contribution in [3.05, 3.63) is 24.0 Å². The Bertz CT molecular complexity index is 652. The molecule has 112 valence electrons. The molecule has 0 amide bonds. The van der Waals surface area contributed by atoms with Crippen molar-refractivity contribution in [1.82, 2.24) is 0 Å². The number of carbonyl (C=O) groups is 1. The fourth-order valence-corrected chi connectivity index (χ4v) is 2.77. The van der Waals surface area contributed by atoms with Crippen molar-refractivity contribution < 1.29 is 23.4 Å². The molecule has 3 rings (SSSR count). The Balaban J connectivity index is 2.06. The first-order chi connectivity index (χ1) is 10.2. The van der Waals surface area contributed by atoms with Gasteiger partial charge in [0.1, 0.15) is 11.8 Å². The van der Waals surface area contributed by atoms with Crippen LogP contribution in [-0.4, -0.2) is 26.3 Å². The van der Waals surface area contributed by atoms with Gasteiger partial charge in [0.15, 0.2) is 11.3 Å². The maximum Gasteiger partial charge on any atom is 0.341 e. The smallest absolute Gasteiger partial charge is 0.341 e. The zero-order chi connectivity index (χ0) is 14.8. The number of fused-ring (bicyclic) bond motifs is 1. The van der Waals surface area contributed by atoms with E-state index in [0.717, 1.165) is 12.8 Å². The average Bonchev–Trinajstić information content (AvgIpc) is 3.15. The second kappa shape index (κ2) is 5.68. The van der Waals surface area contributed by atoms with E-state index in [2.05, 4.69) is 0 Å². The molecule has 1 aromatic heterocycles. The molecular weight excluding hydrogens is 272 g/mol. The first kappa shape index (κ1) is 13.8. The lowest BCUT2D eigenvalue weighted by Crippen LogP contribution is -2.11. The van der Waals surface area contributed by atoms with Crippen molar-refractivity contribution >= 4 is 16.9 Å². The molecule has 0 N–H and O–H groups in total. The Morgan fingerprint density at radius 3 is 2.67 bits per heavy atom. The van der Waals surface area contributed by atoms with Gasteiger partial charge in [-0.25, -0.2) is 4.79 Å². The topological polar surface area (TPSA) is 57.9 Å². The van der Waals surface area contributed by atoms with Crippen molar-refractivity contribution in [1.29, 1.82) is 0 Å². The monoisotopic (exact) mass is 290 g/mol. The first-order valence-electron chi connectivity index (χ1n) is 7.07. The summed E-state index contributed by atoms with van der Waals surface area (Å²) < 4.78 is 21.7. The Kier molecular flexibility index (Phi) is 3.73. The van der Waals surface area contributed by atoms with E-state index in [-0.39, 0.29) is 6.10 Å². The van der Waals surface area contributed by atoms with E-state index in [1.807, 2.05) is 0 Å². The molecule has 1 fully saturated rings. The largest absolute Gasteiger partial charge is 0.493 e. The lowest BCUT2D eigenvalue weighted by atomic mass is 10.1. The Hall–Kier alpha value is -2.17. The molecule has 2 aromatic rings. The summed E-state index contributed by atoms with van der Waals surface area (Å²) in [5.74, 6) is 0.753. The SMILES string of the molecule is COC(=O)c1coc2c(OC3CCCC3)c(OC)ccc12. The van der Waals surface area contributed by atoms with Crippen LogP contribution in [0, 0.1) is 0 Å². The van der Waals surface area contributed by atoms with Gasteiger partial charge in [-0.2, -0.15) is 0 Å². The zero-order valence-electron chi connectivity index (χ0n) is 12.2.